The van der Waals surface area contributed by atoms with Crippen molar-refractivity contribution in [2.75, 3.05) is 26.2 Å². The first kappa shape index (κ1) is 17.9. The van der Waals surface area contributed by atoms with E-state index in [0.717, 1.165) is 45.6 Å². The van der Waals surface area contributed by atoms with E-state index in [2.05, 4.69) is 52.0 Å². The topological polar surface area (TPSA) is 36.4 Å². The summed E-state index contributed by atoms with van der Waals surface area (Å²) < 4.78 is 0. The third kappa shape index (κ3) is 3.24. The number of nitrogens with zero attached hydrogens (tertiary/aromatic N) is 3. The molecule has 146 valence electrons. The molecule has 3 atom stereocenters. The maximum Gasteiger partial charge on any atom is 0.227 e. The summed E-state index contributed by atoms with van der Waals surface area (Å²) in [5, 5.41) is 0. The van der Waals surface area contributed by atoms with E-state index >= 15 is 0 Å². The van der Waals surface area contributed by atoms with Crippen molar-refractivity contribution in [2.24, 2.45) is 11.8 Å². The molecule has 2 saturated heterocycles. The summed E-state index contributed by atoms with van der Waals surface area (Å²) in [4.78, 5) is 22.1. The monoisotopic (exact) mass is 375 g/mol. The SMILES string of the molecule is Cc1ccc([C@]23C[C@H]2CN(C(=O)C2CCCN(Cc4cccnc4)C2)C3)cc1. The van der Waals surface area contributed by atoms with E-state index in [9.17, 15) is 4.79 Å². The summed E-state index contributed by atoms with van der Waals surface area (Å²) in [5.41, 5.74) is 4.21. The zero-order valence-corrected chi connectivity index (χ0v) is 16.7. The van der Waals surface area contributed by atoms with Crippen LogP contribution in [0.3, 0.4) is 0 Å². The minimum Gasteiger partial charge on any atom is -0.341 e. The summed E-state index contributed by atoms with van der Waals surface area (Å²) in [5.74, 6) is 1.20. The van der Waals surface area contributed by atoms with Crippen molar-refractivity contribution in [1.82, 2.24) is 14.8 Å². The van der Waals surface area contributed by atoms with E-state index in [0.29, 0.717) is 11.8 Å². The average Bonchev–Trinajstić information content (AvgIpc) is 3.30. The molecule has 3 fully saturated rings. The van der Waals surface area contributed by atoms with E-state index < -0.39 is 0 Å². The molecule has 2 aromatic rings. The Hall–Kier alpha value is -2.20. The first-order valence-electron chi connectivity index (χ1n) is 10.6. The summed E-state index contributed by atoms with van der Waals surface area (Å²) >= 11 is 0. The number of carbonyl (C=O) groups excluding carboxylic acids is 1. The van der Waals surface area contributed by atoms with E-state index in [1.54, 1.807) is 0 Å². The van der Waals surface area contributed by atoms with E-state index in [4.69, 9.17) is 0 Å². The quantitative estimate of drug-likeness (QED) is 0.822. The van der Waals surface area contributed by atoms with Crippen LogP contribution in [0.15, 0.2) is 48.8 Å². The molecule has 1 unspecified atom stereocenters. The molecule has 2 aliphatic heterocycles. The van der Waals surface area contributed by atoms with Gasteiger partial charge in [-0.15, -0.1) is 0 Å². The van der Waals surface area contributed by atoms with Gasteiger partial charge in [0.25, 0.3) is 0 Å². The largest absolute Gasteiger partial charge is 0.341 e. The van der Waals surface area contributed by atoms with Gasteiger partial charge in [-0.1, -0.05) is 35.9 Å². The number of piperidine rings is 2. The molecule has 4 nitrogen and oxygen atoms in total. The van der Waals surface area contributed by atoms with E-state index in [1.807, 2.05) is 18.5 Å². The van der Waals surface area contributed by atoms with Gasteiger partial charge in [0, 0.05) is 44.0 Å². The number of hydrogen-bond donors (Lipinski definition) is 0. The predicted octanol–water partition coefficient (Wildman–Crippen LogP) is 3.40. The molecule has 4 heteroatoms. The van der Waals surface area contributed by atoms with Crippen molar-refractivity contribution in [1.29, 1.82) is 0 Å². The Morgan fingerprint density at radius 2 is 2.07 bits per heavy atom. The summed E-state index contributed by atoms with van der Waals surface area (Å²) in [6.07, 6.45) is 7.13. The van der Waals surface area contributed by atoms with Gasteiger partial charge in [-0.3, -0.25) is 14.7 Å². The number of fused-ring (bicyclic) bond motifs is 1. The number of pyridine rings is 1. The molecular weight excluding hydrogens is 346 g/mol. The Kier molecular flexibility index (Phi) is 4.47. The van der Waals surface area contributed by atoms with Gasteiger partial charge < -0.3 is 4.90 Å². The van der Waals surface area contributed by atoms with Crippen LogP contribution in [0.25, 0.3) is 0 Å². The van der Waals surface area contributed by atoms with Crippen LogP contribution in [0.4, 0.5) is 0 Å². The molecule has 28 heavy (non-hydrogen) atoms. The number of carbonyl (C=O) groups is 1. The Labute approximate surface area is 167 Å². The van der Waals surface area contributed by atoms with Crippen LogP contribution < -0.4 is 0 Å². The highest BCUT2D eigenvalue weighted by Crippen LogP contribution is 2.59. The van der Waals surface area contributed by atoms with Crippen LogP contribution in [-0.4, -0.2) is 46.9 Å². The predicted molar refractivity (Wildman–Crippen MR) is 110 cm³/mol. The van der Waals surface area contributed by atoms with Crippen molar-refractivity contribution < 1.29 is 4.79 Å². The zero-order chi connectivity index (χ0) is 19.1. The maximum atomic E-state index is 13.3. The van der Waals surface area contributed by atoms with Gasteiger partial charge in [-0.25, -0.2) is 0 Å². The van der Waals surface area contributed by atoms with Gasteiger partial charge in [-0.05, 0) is 55.8 Å². The zero-order valence-electron chi connectivity index (χ0n) is 16.7. The molecule has 0 N–H and O–H groups in total. The molecule has 0 spiro atoms. The lowest BCUT2D eigenvalue weighted by Crippen LogP contribution is -2.45. The van der Waals surface area contributed by atoms with E-state index in [-0.39, 0.29) is 11.3 Å². The lowest BCUT2D eigenvalue weighted by Gasteiger charge is -2.34. The number of benzene rings is 1. The molecular formula is C24H29N3O. The second kappa shape index (κ2) is 7.00. The first-order chi connectivity index (χ1) is 13.6. The molecule has 3 aliphatic rings. The number of aryl methyl sites for hydroxylation is 1. The molecule has 3 heterocycles. The third-order valence-corrected chi connectivity index (χ3v) is 7.07. The standard InChI is InChI=1S/C24H29N3O/c1-18-6-8-21(9-7-18)24-12-22(24)16-27(17-24)23(28)20-5-3-11-26(15-20)14-19-4-2-10-25-13-19/h2,4,6-10,13,20,22H,3,5,11-12,14-17H2,1H3/t20?,22-,24+/m0/s1. The number of aromatic nitrogens is 1. The van der Waals surface area contributed by atoms with Crippen molar-refractivity contribution in [3.05, 3.63) is 65.5 Å². The van der Waals surface area contributed by atoms with Crippen LogP contribution in [-0.2, 0) is 16.8 Å². The normalized spacial score (nSPS) is 29.5. The fourth-order valence-electron chi connectivity index (χ4n) is 5.39. The maximum absolute atomic E-state index is 13.3. The highest BCUT2D eigenvalue weighted by atomic mass is 16.2. The lowest BCUT2D eigenvalue weighted by molar-refractivity contribution is -0.137. The summed E-state index contributed by atoms with van der Waals surface area (Å²) in [6.45, 7) is 6.86. The molecule has 0 bridgehead atoms. The number of likely N-dealkylation sites (tertiary alicyclic amines) is 2. The van der Waals surface area contributed by atoms with Gasteiger partial charge in [-0.2, -0.15) is 0 Å². The van der Waals surface area contributed by atoms with Gasteiger partial charge in [0.15, 0.2) is 0 Å². The fourth-order valence-corrected chi connectivity index (χ4v) is 5.39. The minimum absolute atomic E-state index is 0.151. The van der Waals surface area contributed by atoms with Crippen molar-refractivity contribution >= 4 is 5.91 Å². The van der Waals surface area contributed by atoms with Crippen LogP contribution in [0, 0.1) is 18.8 Å². The minimum atomic E-state index is 0.151. The van der Waals surface area contributed by atoms with Crippen LogP contribution in [0.1, 0.15) is 36.0 Å². The smallest absolute Gasteiger partial charge is 0.227 e. The number of rotatable bonds is 4. The van der Waals surface area contributed by atoms with Crippen LogP contribution in [0.2, 0.25) is 0 Å². The van der Waals surface area contributed by atoms with Gasteiger partial charge in [0.05, 0.1) is 5.92 Å². The van der Waals surface area contributed by atoms with Crippen LogP contribution in [0.5, 0.6) is 0 Å². The first-order valence-corrected chi connectivity index (χ1v) is 10.6. The Morgan fingerprint density at radius 3 is 2.86 bits per heavy atom. The molecule has 1 aromatic heterocycles. The Balaban J connectivity index is 1.23. The van der Waals surface area contributed by atoms with Gasteiger partial charge in [0.2, 0.25) is 5.91 Å². The van der Waals surface area contributed by atoms with Crippen molar-refractivity contribution in [2.45, 2.75) is 38.1 Å². The molecule has 1 amide bonds. The van der Waals surface area contributed by atoms with E-state index in [1.165, 1.54) is 23.1 Å². The highest BCUT2D eigenvalue weighted by Gasteiger charge is 2.61. The molecule has 1 aliphatic carbocycles. The number of hydrogen-bond acceptors (Lipinski definition) is 3. The molecule has 1 saturated carbocycles. The molecule has 5 rings (SSSR count). The third-order valence-electron chi connectivity index (χ3n) is 7.07. The van der Waals surface area contributed by atoms with Crippen molar-refractivity contribution in [3.63, 3.8) is 0 Å². The fraction of sp³-hybridized carbons (Fsp3) is 0.500. The second-order valence-corrected chi connectivity index (χ2v) is 9.08. The summed E-state index contributed by atoms with van der Waals surface area (Å²) in [7, 11) is 0. The average molecular weight is 376 g/mol. The van der Waals surface area contributed by atoms with Crippen LogP contribution >= 0.6 is 0 Å². The Bertz CT molecular complexity index is 850. The van der Waals surface area contributed by atoms with Gasteiger partial charge in [0.1, 0.15) is 0 Å². The highest BCUT2D eigenvalue weighted by molar-refractivity contribution is 5.80. The summed E-state index contributed by atoms with van der Waals surface area (Å²) in [6, 6.07) is 13.1. The number of amides is 1. The second-order valence-electron chi connectivity index (χ2n) is 9.08. The van der Waals surface area contributed by atoms with Gasteiger partial charge >= 0.3 is 0 Å². The molecule has 1 aromatic carbocycles. The van der Waals surface area contributed by atoms with Crippen molar-refractivity contribution in [3.8, 4) is 0 Å². The molecule has 0 radical (unpaired) electrons. The Morgan fingerprint density at radius 1 is 1.21 bits per heavy atom. The lowest BCUT2D eigenvalue weighted by atomic mass is 9.93.